The molecule has 0 amide bonds. The molecule has 3 rings (SSSR count). The summed E-state index contributed by atoms with van der Waals surface area (Å²) in [5.41, 5.74) is 5.56. The second-order valence-corrected chi connectivity index (χ2v) is 7.06. The van der Waals surface area contributed by atoms with Crippen LogP contribution in [-0.2, 0) is 6.61 Å². The molecule has 3 aromatic rings. The monoisotopic (exact) mass is 383 g/mol. The maximum atomic E-state index is 9.73. The van der Waals surface area contributed by atoms with Crippen LogP contribution in [0, 0.1) is 11.3 Å². The summed E-state index contributed by atoms with van der Waals surface area (Å²) in [4.78, 5) is 4.04. The summed E-state index contributed by atoms with van der Waals surface area (Å²) in [6.45, 7) is 4.88. The fourth-order valence-corrected chi connectivity index (χ4v) is 3.08. The minimum Gasteiger partial charge on any atom is -0.489 e. The van der Waals surface area contributed by atoms with E-state index >= 15 is 0 Å². The zero-order valence-corrected chi connectivity index (χ0v) is 17.0. The van der Waals surface area contributed by atoms with Gasteiger partial charge in [-0.1, -0.05) is 38.1 Å². The fraction of sp³-hybridized carbons (Fsp3) is 0.200. The van der Waals surface area contributed by atoms with Crippen molar-refractivity contribution >= 4 is 11.3 Å². The molecular weight excluding hydrogens is 358 g/mol. The van der Waals surface area contributed by atoms with Crippen LogP contribution in [0.3, 0.4) is 0 Å². The van der Waals surface area contributed by atoms with E-state index in [0.717, 1.165) is 28.1 Å². The summed E-state index contributed by atoms with van der Waals surface area (Å²) < 4.78 is 5.91. The highest BCUT2D eigenvalue weighted by Gasteiger charge is 2.10. The Kier molecular flexibility index (Phi) is 6.65. The van der Waals surface area contributed by atoms with E-state index < -0.39 is 0 Å². The minimum atomic E-state index is 0.511. The van der Waals surface area contributed by atoms with Gasteiger partial charge in [-0.15, -0.1) is 0 Å². The van der Waals surface area contributed by atoms with Crippen LogP contribution in [0.2, 0.25) is 0 Å². The fourth-order valence-electron chi connectivity index (χ4n) is 3.08. The van der Waals surface area contributed by atoms with E-state index in [1.54, 1.807) is 12.4 Å². The third-order valence-electron chi connectivity index (χ3n) is 4.78. The van der Waals surface area contributed by atoms with Gasteiger partial charge in [-0.05, 0) is 59.0 Å². The first-order valence-electron chi connectivity index (χ1n) is 9.67. The number of aromatic nitrogens is 1. The maximum Gasteiger partial charge on any atom is 0.119 e. The summed E-state index contributed by atoms with van der Waals surface area (Å²) in [6, 6.07) is 22.2. The van der Waals surface area contributed by atoms with Crippen LogP contribution < -0.4 is 10.1 Å². The third kappa shape index (κ3) is 5.03. The lowest BCUT2D eigenvalue weighted by atomic mass is 10.0. The first-order chi connectivity index (χ1) is 14.1. The molecule has 0 atom stereocenters. The van der Waals surface area contributed by atoms with Gasteiger partial charge in [-0.2, -0.15) is 5.26 Å². The zero-order chi connectivity index (χ0) is 20.6. The molecule has 0 saturated heterocycles. The molecule has 0 aliphatic rings. The van der Waals surface area contributed by atoms with E-state index in [0.29, 0.717) is 18.1 Å². The molecule has 0 aliphatic heterocycles. The highest BCUT2D eigenvalue weighted by atomic mass is 16.5. The van der Waals surface area contributed by atoms with Crippen molar-refractivity contribution in [3.63, 3.8) is 0 Å². The molecule has 0 aliphatic carbocycles. The van der Waals surface area contributed by atoms with Gasteiger partial charge in [0.1, 0.15) is 18.4 Å². The van der Waals surface area contributed by atoms with E-state index in [9.17, 15) is 5.26 Å². The second-order valence-electron chi connectivity index (χ2n) is 7.06. The van der Waals surface area contributed by atoms with Gasteiger partial charge in [0.15, 0.2) is 0 Å². The van der Waals surface area contributed by atoms with Gasteiger partial charge in [0.2, 0.25) is 0 Å². The van der Waals surface area contributed by atoms with Crippen molar-refractivity contribution in [1.29, 1.82) is 5.26 Å². The Morgan fingerprint density at radius 2 is 1.62 bits per heavy atom. The number of hydrogen-bond acceptors (Lipinski definition) is 4. The molecule has 0 unspecified atom stereocenters. The molecule has 1 heterocycles. The number of nitrogens with one attached hydrogen (secondary N) is 1. The van der Waals surface area contributed by atoms with E-state index in [-0.39, 0.29) is 0 Å². The summed E-state index contributed by atoms with van der Waals surface area (Å²) in [5, 5.41) is 12.9. The van der Waals surface area contributed by atoms with Crippen molar-refractivity contribution in [2.45, 2.75) is 26.4 Å². The molecule has 29 heavy (non-hydrogen) atoms. The molecule has 1 aromatic heterocycles. The van der Waals surface area contributed by atoms with Crippen molar-refractivity contribution in [3.8, 4) is 11.8 Å². The molecular formula is C25H25N3O. The van der Waals surface area contributed by atoms with E-state index in [1.165, 1.54) is 5.56 Å². The quantitative estimate of drug-likeness (QED) is 0.555. The topological polar surface area (TPSA) is 57.9 Å². The van der Waals surface area contributed by atoms with Crippen LogP contribution in [0.4, 0.5) is 0 Å². The number of ether oxygens (including phenoxy) is 1. The van der Waals surface area contributed by atoms with E-state index in [4.69, 9.17) is 4.74 Å². The molecule has 0 bridgehead atoms. The molecule has 0 radical (unpaired) electrons. The van der Waals surface area contributed by atoms with Crippen LogP contribution >= 0.6 is 0 Å². The predicted molar refractivity (Wildman–Crippen MR) is 117 cm³/mol. The Morgan fingerprint density at radius 1 is 0.966 bits per heavy atom. The number of nitrogens with zero attached hydrogens (tertiary/aromatic N) is 2. The minimum absolute atomic E-state index is 0.511. The number of hydrogen-bond donors (Lipinski definition) is 1. The van der Waals surface area contributed by atoms with Crippen LogP contribution in [-0.4, -0.2) is 12.0 Å². The number of rotatable bonds is 7. The van der Waals surface area contributed by atoms with E-state index in [2.05, 4.69) is 54.5 Å². The molecule has 1 N–H and O–H groups in total. The molecule has 0 spiro atoms. The summed E-state index contributed by atoms with van der Waals surface area (Å²) in [6.07, 6.45) is 3.43. The predicted octanol–water partition coefficient (Wildman–Crippen LogP) is 5.40. The first kappa shape index (κ1) is 20.2. The van der Waals surface area contributed by atoms with Gasteiger partial charge in [0, 0.05) is 25.0 Å². The van der Waals surface area contributed by atoms with Crippen molar-refractivity contribution < 1.29 is 4.74 Å². The number of nitriles is 1. The summed E-state index contributed by atoms with van der Waals surface area (Å²) in [5.74, 6) is 1.29. The summed E-state index contributed by atoms with van der Waals surface area (Å²) >= 11 is 0. The highest BCUT2D eigenvalue weighted by molar-refractivity contribution is 5.96. The van der Waals surface area contributed by atoms with Crippen LogP contribution in [0.15, 0.2) is 73.1 Å². The molecule has 4 nitrogen and oxygen atoms in total. The lowest BCUT2D eigenvalue weighted by Gasteiger charge is -2.12. The highest BCUT2D eigenvalue weighted by Crippen LogP contribution is 2.25. The number of pyridine rings is 1. The molecule has 146 valence electrons. The summed E-state index contributed by atoms with van der Waals surface area (Å²) in [7, 11) is 1.81. The standard InChI is InChI=1S/C25H25N3O/c1-18(2)20-6-4-19(5-7-20)17-29-23-10-8-21(9-11-23)24(16-26)25(27-3)22-12-14-28-15-13-22/h4-15,18,27H,17H2,1-3H3/b25-24+. The Morgan fingerprint density at radius 3 is 2.17 bits per heavy atom. The Labute approximate surface area is 172 Å². The van der Waals surface area contributed by atoms with E-state index in [1.807, 2.05) is 43.4 Å². The molecule has 0 fully saturated rings. The normalized spacial score (nSPS) is 11.6. The number of allylic oxidation sites excluding steroid dienone is 1. The third-order valence-corrected chi connectivity index (χ3v) is 4.78. The SMILES string of the molecule is CN/C(=C(\C#N)c1ccc(OCc2ccc(C(C)C)cc2)cc1)c1ccncc1. The zero-order valence-electron chi connectivity index (χ0n) is 17.0. The van der Waals surface area contributed by atoms with Crippen LogP contribution in [0.25, 0.3) is 11.3 Å². The van der Waals surface area contributed by atoms with Crippen molar-refractivity contribution in [1.82, 2.24) is 10.3 Å². The molecule has 4 heteroatoms. The second kappa shape index (κ2) is 9.57. The van der Waals surface area contributed by atoms with Gasteiger partial charge in [0.25, 0.3) is 0 Å². The van der Waals surface area contributed by atoms with Gasteiger partial charge in [-0.3, -0.25) is 4.98 Å². The molecule has 0 saturated carbocycles. The van der Waals surface area contributed by atoms with Crippen molar-refractivity contribution in [2.24, 2.45) is 0 Å². The van der Waals surface area contributed by atoms with Gasteiger partial charge in [-0.25, -0.2) is 0 Å². The average molecular weight is 383 g/mol. The number of benzene rings is 2. The van der Waals surface area contributed by atoms with Gasteiger partial charge < -0.3 is 10.1 Å². The van der Waals surface area contributed by atoms with Gasteiger partial charge >= 0.3 is 0 Å². The Hall–Kier alpha value is -3.58. The molecule has 2 aromatic carbocycles. The van der Waals surface area contributed by atoms with Crippen molar-refractivity contribution in [3.05, 3.63) is 95.3 Å². The largest absolute Gasteiger partial charge is 0.489 e. The average Bonchev–Trinajstić information content (AvgIpc) is 2.77. The van der Waals surface area contributed by atoms with Crippen molar-refractivity contribution in [2.75, 3.05) is 7.05 Å². The van der Waals surface area contributed by atoms with Crippen LogP contribution in [0.1, 0.15) is 42.0 Å². The van der Waals surface area contributed by atoms with Crippen LogP contribution in [0.5, 0.6) is 5.75 Å². The van der Waals surface area contributed by atoms with Gasteiger partial charge in [0.05, 0.1) is 11.3 Å². The smallest absolute Gasteiger partial charge is 0.119 e. The maximum absolute atomic E-state index is 9.73. The lowest BCUT2D eigenvalue weighted by molar-refractivity contribution is 0.306. The Balaban J connectivity index is 1.75. The Bertz CT molecular complexity index is 999. The first-order valence-corrected chi connectivity index (χ1v) is 9.67. The lowest BCUT2D eigenvalue weighted by Crippen LogP contribution is -2.07.